The highest BCUT2D eigenvalue weighted by atomic mass is 16.2. The van der Waals surface area contributed by atoms with Gasteiger partial charge >= 0.3 is 0 Å². The molecule has 0 aliphatic carbocycles. The predicted octanol–water partition coefficient (Wildman–Crippen LogP) is 3.19. The van der Waals surface area contributed by atoms with Gasteiger partial charge in [0.25, 0.3) is 5.91 Å². The average Bonchev–Trinajstić information content (AvgIpc) is 3.22. The summed E-state index contributed by atoms with van der Waals surface area (Å²) in [4.78, 5) is 22.9. The summed E-state index contributed by atoms with van der Waals surface area (Å²) in [5, 5.41) is 4.49. The number of nitrogens with zero attached hydrogens (tertiary/aromatic N) is 4. The van der Waals surface area contributed by atoms with E-state index in [0.29, 0.717) is 5.92 Å². The number of H-pyrrole nitrogens is 1. The monoisotopic (exact) mass is 351 g/mol. The van der Waals surface area contributed by atoms with Crippen LogP contribution in [-0.2, 0) is 13.5 Å². The minimum atomic E-state index is 0.106. The first kappa shape index (κ1) is 16.8. The molecule has 4 rings (SSSR count). The first-order chi connectivity index (χ1) is 12.6. The molecule has 0 atom stereocenters. The number of carbonyl (C=O) groups excluding carboxylic acids is 1. The molecular weight excluding hydrogens is 326 g/mol. The van der Waals surface area contributed by atoms with Gasteiger partial charge in [0.1, 0.15) is 5.69 Å². The molecule has 1 aliphatic rings. The molecule has 1 fully saturated rings. The zero-order valence-electron chi connectivity index (χ0n) is 15.6. The highest BCUT2D eigenvalue weighted by molar-refractivity contribution is 5.94. The van der Waals surface area contributed by atoms with Gasteiger partial charge in [0.2, 0.25) is 0 Å². The van der Waals surface area contributed by atoms with Crippen LogP contribution in [0, 0.1) is 6.92 Å². The lowest BCUT2D eigenvalue weighted by Gasteiger charge is -2.31. The van der Waals surface area contributed by atoms with Crippen LogP contribution in [-0.4, -0.2) is 43.6 Å². The van der Waals surface area contributed by atoms with E-state index in [2.05, 4.69) is 34.1 Å². The van der Waals surface area contributed by atoms with Gasteiger partial charge in [-0.05, 0) is 44.4 Å². The van der Waals surface area contributed by atoms with Crippen LogP contribution in [0.3, 0.4) is 0 Å². The topological polar surface area (TPSA) is 66.8 Å². The molecule has 0 radical (unpaired) electrons. The normalized spacial score (nSPS) is 15.7. The summed E-state index contributed by atoms with van der Waals surface area (Å²) < 4.78 is 1.74. The molecule has 0 aromatic carbocycles. The Morgan fingerprint density at radius 1 is 1.35 bits per heavy atom. The predicted molar refractivity (Wildman–Crippen MR) is 101 cm³/mol. The standard InChI is InChI=1S/C20H25N5O/c1-4-15-13(2)19(24(3)23-15)20(26)25-10-7-14(8-11-25)17-12-18-16(22-17)6-5-9-21-18/h5-6,9,12,14,22H,4,7-8,10-11H2,1-3H3. The van der Waals surface area contributed by atoms with E-state index in [1.165, 1.54) is 5.69 Å². The summed E-state index contributed by atoms with van der Waals surface area (Å²) in [6.07, 6.45) is 4.61. The van der Waals surface area contributed by atoms with Crippen LogP contribution in [0.5, 0.6) is 0 Å². The van der Waals surface area contributed by atoms with Crippen molar-refractivity contribution < 1.29 is 4.79 Å². The number of likely N-dealkylation sites (tertiary alicyclic amines) is 1. The zero-order chi connectivity index (χ0) is 18.3. The molecule has 0 saturated carbocycles. The van der Waals surface area contributed by atoms with Crippen LogP contribution < -0.4 is 0 Å². The van der Waals surface area contributed by atoms with Crippen molar-refractivity contribution in [2.45, 2.75) is 39.0 Å². The van der Waals surface area contributed by atoms with Crippen molar-refractivity contribution >= 4 is 16.9 Å². The van der Waals surface area contributed by atoms with Crippen molar-refractivity contribution in [3.63, 3.8) is 0 Å². The number of aryl methyl sites for hydroxylation is 2. The number of hydrogen-bond acceptors (Lipinski definition) is 3. The fraction of sp³-hybridized carbons (Fsp3) is 0.450. The van der Waals surface area contributed by atoms with Gasteiger partial charge in [-0.15, -0.1) is 0 Å². The molecule has 1 saturated heterocycles. The van der Waals surface area contributed by atoms with Crippen molar-refractivity contribution in [1.82, 2.24) is 24.6 Å². The summed E-state index contributed by atoms with van der Waals surface area (Å²) >= 11 is 0. The minimum absolute atomic E-state index is 0.106. The van der Waals surface area contributed by atoms with E-state index in [1.807, 2.05) is 31.1 Å². The van der Waals surface area contributed by atoms with Crippen LogP contribution in [0.4, 0.5) is 0 Å². The van der Waals surface area contributed by atoms with E-state index in [1.54, 1.807) is 4.68 Å². The van der Waals surface area contributed by atoms with Crippen molar-refractivity contribution in [1.29, 1.82) is 0 Å². The number of fused-ring (bicyclic) bond motifs is 1. The lowest BCUT2D eigenvalue weighted by Crippen LogP contribution is -2.39. The third kappa shape index (κ3) is 2.79. The van der Waals surface area contributed by atoms with Crippen LogP contribution in [0.25, 0.3) is 11.0 Å². The molecule has 3 aromatic heterocycles. The Labute approximate surface area is 153 Å². The minimum Gasteiger partial charge on any atom is -0.357 e. The van der Waals surface area contributed by atoms with Gasteiger partial charge in [0.05, 0.1) is 16.7 Å². The van der Waals surface area contributed by atoms with Gasteiger partial charge in [0.15, 0.2) is 0 Å². The number of piperidine rings is 1. The highest BCUT2D eigenvalue weighted by Crippen LogP contribution is 2.30. The number of carbonyl (C=O) groups is 1. The molecule has 3 aromatic rings. The average molecular weight is 351 g/mol. The van der Waals surface area contributed by atoms with E-state index in [0.717, 1.165) is 60.3 Å². The van der Waals surface area contributed by atoms with Gasteiger partial charge in [-0.25, -0.2) is 0 Å². The molecule has 0 bridgehead atoms. The molecule has 0 spiro atoms. The largest absolute Gasteiger partial charge is 0.357 e. The van der Waals surface area contributed by atoms with E-state index in [4.69, 9.17) is 0 Å². The lowest BCUT2D eigenvalue weighted by molar-refractivity contribution is 0.0700. The Bertz CT molecular complexity index is 913. The first-order valence-corrected chi connectivity index (χ1v) is 9.33. The third-order valence-corrected chi connectivity index (χ3v) is 5.55. The number of pyridine rings is 1. The van der Waals surface area contributed by atoms with E-state index >= 15 is 0 Å². The van der Waals surface area contributed by atoms with Crippen LogP contribution in [0.1, 0.15) is 53.1 Å². The van der Waals surface area contributed by atoms with Crippen molar-refractivity contribution in [3.8, 4) is 0 Å². The number of amides is 1. The second-order valence-corrected chi connectivity index (χ2v) is 7.12. The lowest BCUT2D eigenvalue weighted by atomic mass is 9.93. The quantitative estimate of drug-likeness (QED) is 0.788. The highest BCUT2D eigenvalue weighted by Gasteiger charge is 2.28. The second kappa shape index (κ2) is 6.59. The molecule has 6 nitrogen and oxygen atoms in total. The molecule has 1 N–H and O–H groups in total. The maximum atomic E-state index is 13.0. The van der Waals surface area contributed by atoms with Crippen molar-refractivity contribution in [3.05, 3.63) is 47.0 Å². The van der Waals surface area contributed by atoms with E-state index in [-0.39, 0.29) is 5.91 Å². The van der Waals surface area contributed by atoms with Crippen LogP contribution in [0.2, 0.25) is 0 Å². The van der Waals surface area contributed by atoms with Gasteiger partial charge in [0, 0.05) is 43.5 Å². The maximum Gasteiger partial charge on any atom is 0.272 e. The molecule has 4 heterocycles. The van der Waals surface area contributed by atoms with Crippen LogP contribution in [0.15, 0.2) is 24.4 Å². The summed E-state index contributed by atoms with van der Waals surface area (Å²) in [5.74, 6) is 0.557. The summed E-state index contributed by atoms with van der Waals surface area (Å²) in [7, 11) is 1.86. The Morgan fingerprint density at radius 2 is 2.12 bits per heavy atom. The van der Waals surface area contributed by atoms with Gasteiger partial charge in [-0.3, -0.25) is 14.5 Å². The Morgan fingerprint density at radius 3 is 2.77 bits per heavy atom. The summed E-state index contributed by atoms with van der Waals surface area (Å²) in [5.41, 5.74) is 6.09. The summed E-state index contributed by atoms with van der Waals surface area (Å²) in [6.45, 7) is 5.63. The second-order valence-electron chi connectivity index (χ2n) is 7.12. The van der Waals surface area contributed by atoms with Gasteiger partial charge < -0.3 is 9.88 Å². The molecular formula is C20H25N5O. The SMILES string of the molecule is CCc1nn(C)c(C(=O)N2CCC(c3cc4ncccc4[nH]3)CC2)c1C. The van der Waals surface area contributed by atoms with Crippen molar-refractivity contribution in [2.24, 2.45) is 7.05 Å². The zero-order valence-corrected chi connectivity index (χ0v) is 15.6. The van der Waals surface area contributed by atoms with Gasteiger partial charge in [-0.2, -0.15) is 5.10 Å². The molecule has 26 heavy (non-hydrogen) atoms. The Kier molecular flexibility index (Phi) is 4.26. The smallest absolute Gasteiger partial charge is 0.272 e. The van der Waals surface area contributed by atoms with Crippen molar-refractivity contribution in [2.75, 3.05) is 13.1 Å². The fourth-order valence-electron chi connectivity index (χ4n) is 4.06. The molecule has 1 amide bonds. The maximum absolute atomic E-state index is 13.0. The molecule has 1 aliphatic heterocycles. The fourth-order valence-corrected chi connectivity index (χ4v) is 4.06. The molecule has 0 unspecified atom stereocenters. The number of hydrogen-bond donors (Lipinski definition) is 1. The molecule has 136 valence electrons. The Balaban J connectivity index is 1.48. The molecule has 6 heteroatoms. The van der Waals surface area contributed by atoms with E-state index < -0.39 is 0 Å². The number of aromatic nitrogens is 4. The third-order valence-electron chi connectivity index (χ3n) is 5.55. The number of nitrogens with one attached hydrogen (secondary N) is 1. The van der Waals surface area contributed by atoms with E-state index in [9.17, 15) is 4.79 Å². The van der Waals surface area contributed by atoms with Gasteiger partial charge in [-0.1, -0.05) is 6.92 Å². The first-order valence-electron chi connectivity index (χ1n) is 9.33. The number of rotatable bonds is 3. The Hall–Kier alpha value is -2.63. The van der Waals surface area contributed by atoms with Crippen LogP contribution >= 0.6 is 0 Å². The number of aromatic amines is 1. The summed E-state index contributed by atoms with van der Waals surface area (Å²) in [6, 6.07) is 6.15.